The summed E-state index contributed by atoms with van der Waals surface area (Å²) in [7, 11) is 0. The van der Waals surface area contributed by atoms with Crippen molar-refractivity contribution in [1.82, 2.24) is 10.6 Å². The van der Waals surface area contributed by atoms with Crippen molar-refractivity contribution in [2.75, 3.05) is 0 Å². The second-order valence-electron chi connectivity index (χ2n) is 7.75. The molecule has 0 spiro atoms. The molecule has 1 aliphatic heterocycles. The summed E-state index contributed by atoms with van der Waals surface area (Å²) in [5.41, 5.74) is 1.33. The molecule has 1 heterocycles. The van der Waals surface area contributed by atoms with Crippen LogP contribution >= 0.6 is 0 Å². The first-order valence-electron chi connectivity index (χ1n) is 9.40. The van der Waals surface area contributed by atoms with E-state index in [2.05, 4.69) is 41.0 Å². The molecule has 1 aromatic carbocycles. The van der Waals surface area contributed by atoms with Gasteiger partial charge in [0, 0.05) is 12.1 Å². The molecule has 1 saturated heterocycles. The molecule has 3 heteroatoms. The molecule has 4 rings (SSSR count). The van der Waals surface area contributed by atoms with Crippen LogP contribution in [0.2, 0.25) is 0 Å². The highest BCUT2D eigenvalue weighted by molar-refractivity contribution is 5.82. The van der Waals surface area contributed by atoms with Crippen LogP contribution in [-0.4, -0.2) is 24.0 Å². The second kappa shape index (κ2) is 6.64. The number of fused-ring (bicyclic) bond motifs is 1. The van der Waals surface area contributed by atoms with Crippen molar-refractivity contribution in [2.24, 2.45) is 11.8 Å². The van der Waals surface area contributed by atoms with Crippen LogP contribution in [-0.2, 0) is 11.2 Å². The molecule has 0 radical (unpaired) electrons. The summed E-state index contributed by atoms with van der Waals surface area (Å²) < 4.78 is 0. The van der Waals surface area contributed by atoms with Gasteiger partial charge in [-0.2, -0.15) is 0 Å². The van der Waals surface area contributed by atoms with Crippen molar-refractivity contribution in [3.8, 4) is 0 Å². The van der Waals surface area contributed by atoms with E-state index >= 15 is 0 Å². The average Bonchev–Trinajstić information content (AvgIpc) is 3.33. The number of nitrogens with one attached hydrogen (secondary N) is 2. The summed E-state index contributed by atoms with van der Waals surface area (Å²) in [6, 6.07) is 11.5. The summed E-state index contributed by atoms with van der Waals surface area (Å²) in [6.07, 6.45) is 9.76. The summed E-state index contributed by atoms with van der Waals surface area (Å²) >= 11 is 0. The lowest BCUT2D eigenvalue weighted by Gasteiger charge is -2.24. The highest BCUT2D eigenvalue weighted by atomic mass is 16.2. The van der Waals surface area contributed by atoms with Gasteiger partial charge in [-0.3, -0.25) is 4.79 Å². The van der Waals surface area contributed by atoms with Gasteiger partial charge in [0.25, 0.3) is 0 Å². The van der Waals surface area contributed by atoms with Crippen molar-refractivity contribution >= 4 is 5.91 Å². The fourth-order valence-electron chi connectivity index (χ4n) is 4.51. The van der Waals surface area contributed by atoms with Gasteiger partial charge in [0.2, 0.25) is 5.91 Å². The molecule has 4 unspecified atom stereocenters. The fourth-order valence-corrected chi connectivity index (χ4v) is 4.51. The lowest BCUT2D eigenvalue weighted by atomic mass is 9.85. The number of carbonyl (C=O) groups is 1. The van der Waals surface area contributed by atoms with Gasteiger partial charge >= 0.3 is 0 Å². The molecule has 0 aromatic heterocycles. The summed E-state index contributed by atoms with van der Waals surface area (Å²) in [6.45, 7) is 0. The minimum atomic E-state index is 0.0418. The lowest BCUT2D eigenvalue weighted by Crippen LogP contribution is -2.48. The Labute approximate surface area is 139 Å². The molecule has 4 atom stereocenters. The van der Waals surface area contributed by atoms with Gasteiger partial charge in [-0.15, -0.1) is 0 Å². The quantitative estimate of drug-likeness (QED) is 0.877. The van der Waals surface area contributed by atoms with E-state index in [0.717, 1.165) is 18.8 Å². The Hall–Kier alpha value is -1.35. The zero-order valence-corrected chi connectivity index (χ0v) is 13.8. The topological polar surface area (TPSA) is 41.1 Å². The van der Waals surface area contributed by atoms with E-state index < -0.39 is 0 Å². The number of benzene rings is 1. The Morgan fingerprint density at radius 3 is 2.65 bits per heavy atom. The molecule has 3 fully saturated rings. The molecule has 3 nitrogen and oxygen atoms in total. The van der Waals surface area contributed by atoms with Crippen molar-refractivity contribution in [2.45, 2.75) is 69.5 Å². The molecular formula is C20H28N2O. The van der Waals surface area contributed by atoms with Gasteiger partial charge in [-0.05, 0) is 55.9 Å². The normalized spacial score (nSPS) is 31.4. The van der Waals surface area contributed by atoms with Crippen LogP contribution in [0.4, 0.5) is 0 Å². The first-order chi connectivity index (χ1) is 11.3. The molecule has 2 N–H and O–H groups in total. The van der Waals surface area contributed by atoms with Crippen molar-refractivity contribution in [3.05, 3.63) is 35.9 Å². The van der Waals surface area contributed by atoms with E-state index in [-0.39, 0.29) is 11.9 Å². The molecule has 1 amide bonds. The fraction of sp³-hybridized carbons (Fsp3) is 0.650. The van der Waals surface area contributed by atoms with E-state index in [1.807, 2.05) is 0 Å². The van der Waals surface area contributed by atoms with Gasteiger partial charge in [0.15, 0.2) is 0 Å². The maximum atomic E-state index is 12.7. The number of rotatable bonds is 5. The smallest absolute Gasteiger partial charge is 0.237 e. The SMILES string of the molecule is O=C(NC(Cc1ccccc1)C1CC1)C1CC2CCCCC2N1. The van der Waals surface area contributed by atoms with Crippen molar-refractivity contribution in [1.29, 1.82) is 0 Å². The predicted octanol–water partition coefficient (Wildman–Crippen LogP) is 3.04. The van der Waals surface area contributed by atoms with Gasteiger partial charge in [-0.25, -0.2) is 0 Å². The van der Waals surface area contributed by atoms with Crippen LogP contribution < -0.4 is 10.6 Å². The van der Waals surface area contributed by atoms with E-state index in [1.54, 1.807) is 0 Å². The third-order valence-corrected chi connectivity index (χ3v) is 6.00. The Bertz CT molecular complexity index is 526. The van der Waals surface area contributed by atoms with E-state index in [0.29, 0.717) is 18.0 Å². The van der Waals surface area contributed by atoms with Crippen LogP contribution in [0, 0.1) is 11.8 Å². The van der Waals surface area contributed by atoms with Gasteiger partial charge < -0.3 is 10.6 Å². The molecule has 2 saturated carbocycles. The van der Waals surface area contributed by atoms with Crippen LogP contribution in [0.5, 0.6) is 0 Å². The number of hydrogen-bond donors (Lipinski definition) is 2. The highest BCUT2D eigenvalue weighted by Crippen LogP contribution is 2.35. The third kappa shape index (κ3) is 3.60. The van der Waals surface area contributed by atoms with E-state index in [9.17, 15) is 4.79 Å². The summed E-state index contributed by atoms with van der Waals surface area (Å²) in [4.78, 5) is 12.7. The molecule has 3 aliphatic rings. The Morgan fingerprint density at radius 2 is 1.91 bits per heavy atom. The molecule has 2 aliphatic carbocycles. The lowest BCUT2D eigenvalue weighted by molar-refractivity contribution is -0.123. The molecular weight excluding hydrogens is 284 g/mol. The predicted molar refractivity (Wildman–Crippen MR) is 92.1 cm³/mol. The number of amides is 1. The Morgan fingerprint density at radius 1 is 1.13 bits per heavy atom. The Kier molecular flexibility index (Phi) is 4.39. The average molecular weight is 312 g/mol. The molecule has 23 heavy (non-hydrogen) atoms. The zero-order chi connectivity index (χ0) is 15.6. The minimum absolute atomic E-state index is 0.0418. The van der Waals surface area contributed by atoms with Crippen molar-refractivity contribution in [3.63, 3.8) is 0 Å². The molecule has 1 aromatic rings. The van der Waals surface area contributed by atoms with Gasteiger partial charge in [0.1, 0.15) is 0 Å². The molecule has 124 valence electrons. The maximum absolute atomic E-state index is 12.7. The largest absolute Gasteiger partial charge is 0.351 e. The van der Waals surface area contributed by atoms with Gasteiger partial charge in [0.05, 0.1) is 6.04 Å². The second-order valence-corrected chi connectivity index (χ2v) is 7.75. The standard InChI is InChI=1S/C20H28N2O/c23-20(19-13-16-8-4-5-9-17(16)21-19)22-18(15-10-11-15)12-14-6-2-1-3-7-14/h1-3,6-7,15-19,21H,4-5,8-13H2,(H,22,23). The van der Waals surface area contributed by atoms with E-state index in [1.165, 1.54) is 44.1 Å². The summed E-state index contributed by atoms with van der Waals surface area (Å²) in [5, 5.41) is 6.99. The molecule has 0 bridgehead atoms. The number of carbonyl (C=O) groups excluding carboxylic acids is 1. The van der Waals surface area contributed by atoms with Crippen LogP contribution in [0.25, 0.3) is 0 Å². The minimum Gasteiger partial charge on any atom is -0.351 e. The van der Waals surface area contributed by atoms with Crippen LogP contribution in [0.3, 0.4) is 0 Å². The maximum Gasteiger partial charge on any atom is 0.237 e. The van der Waals surface area contributed by atoms with E-state index in [4.69, 9.17) is 0 Å². The van der Waals surface area contributed by atoms with Crippen molar-refractivity contribution < 1.29 is 4.79 Å². The van der Waals surface area contributed by atoms with Crippen LogP contribution in [0.15, 0.2) is 30.3 Å². The zero-order valence-electron chi connectivity index (χ0n) is 13.8. The first-order valence-corrected chi connectivity index (χ1v) is 9.40. The summed E-state index contributed by atoms with van der Waals surface area (Å²) in [5.74, 6) is 1.66. The van der Waals surface area contributed by atoms with Gasteiger partial charge in [-0.1, -0.05) is 43.2 Å². The first kappa shape index (κ1) is 15.2. The third-order valence-electron chi connectivity index (χ3n) is 6.00. The van der Waals surface area contributed by atoms with Crippen LogP contribution in [0.1, 0.15) is 50.5 Å². The monoisotopic (exact) mass is 312 g/mol. The Balaban J connectivity index is 1.36. The highest BCUT2D eigenvalue weighted by Gasteiger charge is 2.40. The number of hydrogen-bond acceptors (Lipinski definition) is 2.